The van der Waals surface area contributed by atoms with Gasteiger partial charge in [-0.3, -0.25) is 9.59 Å². The Balaban J connectivity index is 1.76. The van der Waals surface area contributed by atoms with Crippen molar-refractivity contribution in [3.8, 4) is 0 Å². The summed E-state index contributed by atoms with van der Waals surface area (Å²) in [5.74, 6) is -0.841. The molecule has 0 aliphatic heterocycles. The number of anilines is 3. The van der Waals surface area contributed by atoms with Gasteiger partial charge in [0.15, 0.2) is 10.9 Å². The molecule has 0 bridgehead atoms. The number of hydrogen-bond acceptors (Lipinski definition) is 7. The molecule has 2 aromatic carbocycles. The summed E-state index contributed by atoms with van der Waals surface area (Å²) in [5.41, 5.74) is 3.70. The van der Waals surface area contributed by atoms with Crippen molar-refractivity contribution in [1.82, 2.24) is 10.4 Å². The third-order valence-electron chi connectivity index (χ3n) is 4.10. The first-order chi connectivity index (χ1) is 15.6. The van der Waals surface area contributed by atoms with E-state index in [1.54, 1.807) is 12.1 Å². The molecule has 7 nitrogen and oxygen atoms in total. The molecule has 172 valence electrons. The molecule has 0 aliphatic rings. The Kier molecular flexibility index (Phi) is 8.07. The summed E-state index contributed by atoms with van der Waals surface area (Å²) in [6.45, 7) is 5.69. The molecule has 1 aromatic heterocycles. The number of carbonyl (C=O) groups excluding carboxylic acids is 2. The van der Waals surface area contributed by atoms with Crippen LogP contribution < -0.4 is 16.1 Å². The van der Waals surface area contributed by atoms with Gasteiger partial charge in [0.05, 0.1) is 28.2 Å². The van der Waals surface area contributed by atoms with Crippen LogP contribution in [0.1, 0.15) is 36.9 Å². The maximum atomic E-state index is 12.9. The first kappa shape index (κ1) is 24.7. The highest BCUT2D eigenvalue weighted by Gasteiger charge is 2.21. The fourth-order valence-electron chi connectivity index (χ4n) is 2.54. The van der Waals surface area contributed by atoms with E-state index in [4.69, 9.17) is 23.2 Å². The monoisotopic (exact) mass is 503 g/mol. The highest BCUT2D eigenvalue weighted by atomic mass is 35.5. The lowest BCUT2D eigenvalue weighted by Gasteiger charge is -2.19. The van der Waals surface area contributed by atoms with E-state index in [0.717, 1.165) is 5.69 Å². The molecule has 0 atom stereocenters. The van der Waals surface area contributed by atoms with E-state index in [2.05, 4.69) is 26.1 Å². The summed E-state index contributed by atoms with van der Waals surface area (Å²) in [6, 6.07) is 14.2. The maximum absolute atomic E-state index is 12.9. The Hall–Kier alpha value is -2.94. The standard InChI is InChI=1S/C23H23Cl2N5O2S/c1-23(2,3)30-29-18(21(32)28-17-11-14(24)9-10-16(17)25)12-19(31)20-13-26-22(33-20)27-15-7-5-4-6-8-15/h4-11,13,30H,12H2,1-3H3,(H,26,27)(H,28,32). The summed E-state index contributed by atoms with van der Waals surface area (Å²) < 4.78 is 0. The Morgan fingerprint density at radius 3 is 2.52 bits per heavy atom. The van der Waals surface area contributed by atoms with Crippen molar-refractivity contribution in [2.75, 3.05) is 10.6 Å². The van der Waals surface area contributed by atoms with Crippen molar-refractivity contribution in [1.29, 1.82) is 0 Å². The van der Waals surface area contributed by atoms with Crippen LogP contribution in [0, 0.1) is 0 Å². The Labute approximate surface area is 206 Å². The van der Waals surface area contributed by atoms with Crippen LogP contribution in [0.5, 0.6) is 0 Å². The second-order valence-corrected chi connectivity index (χ2v) is 9.99. The topological polar surface area (TPSA) is 95.5 Å². The third-order valence-corrected chi connectivity index (χ3v) is 5.62. The number of rotatable bonds is 8. The second-order valence-electron chi connectivity index (χ2n) is 8.12. The number of hydrogen-bond donors (Lipinski definition) is 3. The highest BCUT2D eigenvalue weighted by molar-refractivity contribution is 7.17. The van der Waals surface area contributed by atoms with Gasteiger partial charge in [-0.05, 0) is 51.1 Å². The zero-order chi connectivity index (χ0) is 24.0. The van der Waals surface area contributed by atoms with Crippen LogP contribution in [-0.2, 0) is 4.79 Å². The van der Waals surface area contributed by atoms with E-state index in [1.807, 2.05) is 51.1 Å². The molecular weight excluding hydrogens is 481 g/mol. The van der Waals surface area contributed by atoms with E-state index in [0.29, 0.717) is 25.7 Å². The molecule has 0 radical (unpaired) electrons. The molecule has 1 amide bonds. The summed E-state index contributed by atoms with van der Waals surface area (Å²) in [6.07, 6.45) is 1.26. The molecule has 3 rings (SSSR count). The number of hydrazone groups is 1. The number of thiazole rings is 1. The lowest BCUT2D eigenvalue weighted by molar-refractivity contribution is -0.110. The lowest BCUT2D eigenvalue weighted by atomic mass is 10.1. The first-order valence-electron chi connectivity index (χ1n) is 10.0. The fraction of sp³-hybridized carbons (Fsp3) is 0.217. The zero-order valence-electron chi connectivity index (χ0n) is 18.3. The Morgan fingerprint density at radius 1 is 1.09 bits per heavy atom. The molecular formula is C23H23Cl2N5O2S. The third kappa shape index (κ3) is 7.56. The SMILES string of the molecule is CC(C)(C)NN=C(CC(=O)c1cnc(Nc2ccccc2)s1)C(=O)Nc1cc(Cl)ccc1Cl. The molecule has 3 N–H and O–H groups in total. The van der Waals surface area contributed by atoms with Gasteiger partial charge in [-0.25, -0.2) is 4.98 Å². The minimum absolute atomic E-state index is 0.0111. The van der Waals surface area contributed by atoms with Gasteiger partial charge in [0.25, 0.3) is 5.91 Å². The van der Waals surface area contributed by atoms with Crippen molar-refractivity contribution in [3.63, 3.8) is 0 Å². The molecule has 0 aliphatic carbocycles. The largest absolute Gasteiger partial charge is 0.332 e. The van der Waals surface area contributed by atoms with Crippen LogP contribution in [0.4, 0.5) is 16.5 Å². The molecule has 3 aromatic rings. The van der Waals surface area contributed by atoms with Gasteiger partial charge in [0.2, 0.25) is 0 Å². The highest BCUT2D eigenvalue weighted by Crippen LogP contribution is 2.26. The van der Waals surface area contributed by atoms with Gasteiger partial charge in [-0.1, -0.05) is 52.7 Å². The maximum Gasteiger partial charge on any atom is 0.272 e. The summed E-state index contributed by atoms with van der Waals surface area (Å²) >= 11 is 13.4. The van der Waals surface area contributed by atoms with Crippen LogP contribution in [0.2, 0.25) is 10.0 Å². The Bertz CT molecular complexity index is 1170. The zero-order valence-corrected chi connectivity index (χ0v) is 20.6. The van der Waals surface area contributed by atoms with Gasteiger partial charge < -0.3 is 16.1 Å². The average Bonchev–Trinajstić information content (AvgIpc) is 3.22. The van der Waals surface area contributed by atoms with Crippen molar-refractivity contribution in [2.45, 2.75) is 32.7 Å². The molecule has 0 unspecified atom stereocenters. The van der Waals surface area contributed by atoms with Crippen LogP contribution >= 0.6 is 34.5 Å². The molecule has 0 spiro atoms. The van der Waals surface area contributed by atoms with Crippen LogP contribution in [0.25, 0.3) is 0 Å². The van der Waals surface area contributed by atoms with E-state index in [1.165, 1.54) is 23.6 Å². The first-order valence-corrected chi connectivity index (χ1v) is 11.6. The van der Waals surface area contributed by atoms with E-state index >= 15 is 0 Å². The van der Waals surface area contributed by atoms with Crippen molar-refractivity contribution in [3.05, 3.63) is 69.7 Å². The average molecular weight is 504 g/mol. The van der Waals surface area contributed by atoms with E-state index in [-0.39, 0.29) is 17.9 Å². The number of aromatic nitrogens is 1. The van der Waals surface area contributed by atoms with Crippen molar-refractivity contribution >= 4 is 68.4 Å². The predicted molar refractivity (Wildman–Crippen MR) is 136 cm³/mol. The van der Waals surface area contributed by atoms with Crippen LogP contribution in [-0.4, -0.2) is 27.9 Å². The summed E-state index contributed by atoms with van der Waals surface area (Å²) in [4.78, 5) is 30.5. The summed E-state index contributed by atoms with van der Waals surface area (Å²) in [7, 11) is 0. The van der Waals surface area contributed by atoms with Gasteiger partial charge in [-0.15, -0.1) is 0 Å². The minimum atomic E-state index is -0.559. The number of Topliss-reactive ketones (excluding diaryl/α,β-unsaturated/α-hetero) is 1. The number of ketones is 1. The summed E-state index contributed by atoms with van der Waals surface area (Å²) in [5, 5.41) is 11.4. The van der Waals surface area contributed by atoms with E-state index < -0.39 is 11.4 Å². The second kappa shape index (κ2) is 10.8. The number of halogens is 2. The minimum Gasteiger partial charge on any atom is -0.332 e. The number of benzene rings is 2. The fourth-order valence-corrected chi connectivity index (χ4v) is 3.65. The number of carbonyl (C=O) groups is 2. The predicted octanol–water partition coefficient (Wildman–Crippen LogP) is 6.15. The number of nitrogens with one attached hydrogen (secondary N) is 3. The van der Waals surface area contributed by atoms with Gasteiger partial charge in [-0.2, -0.15) is 5.10 Å². The van der Waals surface area contributed by atoms with Gasteiger partial charge >= 0.3 is 0 Å². The smallest absolute Gasteiger partial charge is 0.272 e. The van der Waals surface area contributed by atoms with Gasteiger partial charge in [0.1, 0.15) is 5.71 Å². The number of amides is 1. The van der Waals surface area contributed by atoms with Crippen LogP contribution in [0.3, 0.4) is 0 Å². The quantitative estimate of drug-likeness (QED) is 0.194. The van der Waals surface area contributed by atoms with Crippen LogP contribution in [0.15, 0.2) is 59.8 Å². The number of nitrogens with zero attached hydrogens (tertiary/aromatic N) is 2. The normalized spacial score (nSPS) is 11.7. The molecule has 0 saturated carbocycles. The molecule has 33 heavy (non-hydrogen) atoms. The van der Waals surface area contributed by atoms with Crippen molar-refractivity contribution in [2.24, 2.45) is 5.10 Å². The molecule has 0 fully saturated rings. The lowest BCUT2D eigenvalue weighted by Crippen LogP contribution is -2.35. The molecule has 0 saturated heterocycles. The van der Waals surface area contributed by atoms with Gasteiger partial charge in [0, 0.05) is 16.2 Å². The number of para-hydroxylation sites is 1. The molecule has 1 heterocycles. The van der Waals surface area contributed by atoms with Crippen molar-refractivity contribution < 1.29 is 9.59 Å². The van der Waals surface area contributed by atoms with E-state index in [9.17, 15) is 9.59 Å². The Morgan fingerprint density at radius 2 is 1.82 bits per heavy atom. The molecule has 10 heteroatoms.